The summed E-state index contributed by atoms with van der Waals surface area (Å²) >= 11 is 0. The van der Waals surface area contributed by atoms with Crippen LogP contribution in [-0.4, -0.2) is 50.2 Å². The molecule has 7 heteroatoms. The number of pyridine rings is 1. The lowest BCUT2D eigenvalue weighted by Gasteiger charge is -2.24. The summed E-state index contributed by atoms with van der Waals surface area (Å²) in [5.74, 6) is 1.08. The van der Waals surface area contributed by atoms with Crippen molar-refractivity contribution >= 4 is 5.91 Å². The number of hydrogen-bond acceptors (Lipinski definition) is 6. The molecule has 3 rings (SSSR count). The number of amides is 1. The molecule has 1 aliphatic heterocycles. The summed E-state index contributed by atoms with van der Waals surface area (Å²) in [4.78, 5) is 22.7. The van der Waals surface area contributed by atoms with Gasteiger partial charge in [-0.05, 0) is 37.8 Å². The zero-order valence-electron chi connectivity index (χ0n) is 13.6. The summed E-state index contributed by atoms with van der Waals surface area (Å²) in [5.41, 5.74) is 0.794. The molecule has 0 bridgehead atoms. The van der Waals surface area contributed by atoms with Gasteiger partial charge >= 0.3 is 0 Å². The standard InChI is InChI=1S/C17H22N4O3/c22-11-3-6-14-5-2-10-21(14)16(23)8-7-15-19-17(20-24-15)13-4-1-9-18-12-13/h1,4,9,12,14,22H,2-3,5-8,10-11H2. The van der Waals surface area contributed by atoms with Crippen LogP contribution in [0.1, 0.15) is 38.0 Å². The molecular formula is C17H22N4O3. The largest absolute Gasteiger partial charge is 0.396 e. The van der Waals surface area contributed by atoms with Crippen LogP contribution in [0.25, 0.3) is 11.4 Å². The molecule has 128 valence electrons. The molecule has 1 unspecified atom stereocenters. The number of aryl methyl sites for hydroxylation is 1. The van der Waals surface area contributed by atoms with Gasteiger partial charge in [-0.1, -0.05) is 5.16 Å². The van der Waals surface area contributed by atoms with Gasteiger partial charge in [0, 0.05) is 50.0 Å². The first-order valence-corrected chi connectivity index (χ1v) is 8.41. The first kappa shape index (κ1) is 16.6. The van der Waals surface area contributed by atoms with Gasteiger partial charge in [-0.2, -0.15) is 4.98 Å². The van der Waals surface area contributed by atoms with Crippen molar-refractivity contribution in [3.63, 3.8) is 0 Å². The fraction of sp³-hybridized carbons (Fsp3) is 0.529. The Hall–Kier alpha value is -2.28. The van der Waals surface area contributed by atoms with E-state index in [0.717, 1.165) is 37.8 Å². The summed E-state index contributed by atoms with van der Waals surface area (Å²) < 4.78 is 5.23. The number of aliphatic hydroxyl groups is 1. The van der Waals surface area contributed by atoms with E-state index in [1.165, 1.54) is 0 Å². The smallest absolute Gasteiger partial charge is 0.227 e. The van der Waals surface area contributed by atoms with E-state index in [1.54, 1.807) is 12.4 Å². The summed E-state index contributed by atoms with van der Waals surface area (Å²) in [6.45, 7) is 0.983. The molecule has 2 aromatic heterocycles. The Morgan fingerprint density at radius 3 is 3.17 bits per heavy atom. The molecule has 2 aromatic rings. The number of hydrogen-bond donors (Lipinski definition) is 1. The molecule has 1 saturated heterocycles. The lowest BCUT2D eigenvalue weighted by molar-refractivity contribution is -0.132. The van der Waals surface area contributed by atoms with Crippen molar-refractivity contribution in [2.45, 2.75) is 44.6 Å². The molecule has 1 fully saturated rings. The zero-order chi connectivity index (χ0) is 16.8. The number of likely N-dealkylation sites (tertiary alicyclic amines) is 1. The van der Waals surface area contributed by atoms with Crippen molar-refractivity contribution < 1.29 is 14.4 Å². The predicted molar refractivity (Wildman–Crippen MR) is 86.9 cm³/mol. The first-order chi connectivity index (χ1) is 11.8. The van der Waals surface area contributed by atoms with Crippen LogP contribution in [-0.2, 0) is 11.2 Å². The summed E-state index contributed by atoms with van der Waals surface area (Å²) in [6, 6.07) is 3.94. The Morgan fingerprint density at radius 2 is 2.38 bits per heavy atom. The summed E-state index contributed by atoms with van der Waals surface area (Å²) in [5, 5.41) is 12.9. The molecule has 1 aliphatic rings. The van der Waals surface area contributed by atoms with Gasteiger partial charge in [0.15, 0.2) is 0 Å². The highest BCUT2D eigenvalue weighted by Gasteiger charge is 2.28. The van der Waals surface area contributed by atoms with E-state index < -0.39 is 0 Å². The van der Waals surface area contributed by atoms with Crippen LogP contribution in [0, 0.1) is 0 Å². The maximum Gasteiger partial charge on any atom is 0.227 e. The molecule has 1 atom stereocenters. The van der Waals surface area contributed by atoms with E-state index in [4.69, 9.17) is 9.63 Å². The second-order valence-corrected chi connectivity index (χ2v) is 6.00. The molecule has 1 N–H and O–H groups in total. The number of carbonyl (C=O) groups excluding carboxylic acids is 1. The van der Waals surface area contributed by atoms with Gasteiger partial charge in [-0.3, -0.25) is 9.78 Å². The Morgan fingerprint density at radius 1 is 1.46 bits per heavy atom. The molecule has 0 aromatic carbocycles. The topological polar surface area (TPSA) is 92.3 Å². The SMILES string of the molecule is O=C(CCc1nc(-c2cccnc2)no1)N1CCCC1CCCO. The highest BCUT2D eigenvalue weighted by molar-refractivity contribution is 5.77. The molecule has 0 spiro atoms. The molecule has 7 nitrogen and oxygen atoms in total. The van der Waals surface area contributed by atoms with Crippen molar-refractivity contribution in [2.24, 2.45) is 0 Å². The zero-order valence-corrected chi connectivity index (χ0v) is 13.6. The fourth-order valence-electron chi connectivity index (χ4n) is 3.12. The number of rotatable bonds is 7. The van der Waals surface area contributed by atoms with E-state index in [0.29, 0.717) is 24.6 Å². The van der Waals surface area contributed by atoms with E-state index in [-0.39, 0.29) is 18.6 Å². The van der Waals surface area contributed by atoms with Crippen LogP contribution in [0.4, 0.5) is 0 Å². The number of carbonyl (C=O) groups is 1. The summed E-state index contributed by atoms with van der Waals surface area (Å²) in [7, 11) is 0. The maximum atomic E-state index is 12.4. The van der Waals surface area contributed by atoms with Crippen molar-refractivity contribution in [1.29, 1.82) is 0 Å². The monoisotopic (exact) mass is 330 g/mol. The van der Waals surface area contributed by atoms with E-state index in [2.05, 4.69) is 15.1 Å². The van der Waals surface area contributed by atoms with Gasteiger partial charge in [0.2, 0.25) is 17.6 Å². The Kier molecular flexibility index (Phi) is 5.53. The number of aliphatic hydroxyl groups excluding tert-OH is 1. The van der Waals surface area contributed by atoms with Gasteiger partial charge in [0.1, 0.15) is 0 Å². The average molecular weight is 330 g/mol. The molecule has 0 saturated carbocycles. The van der Waals surface area contributed by atoms with Crippen molar-refractivity contribution in [3.8, 4) is 11.4 Å². The van der Waals surface area contributed by atoms with Crippen LogP contribution >= 0.6 is 0 Å². The Balaban J connectivity index is 1.54. The highest BCUT2D eigenvalue weighted by Crippen LogP contribution is 2.22. The third-order valence-corrected chi connectivity index (χ3v) is 4.33. The molecule has 24 heavy (non-hydrogen) atoms. The lowest BCUT2D eigenvalue weighted by Crippen LogP contribution is -2.35. The first-order valence-electron chi connectivity index (χ1n) is 8.41. The van der Waals surface area contributed by atoms with Crippen LogP contribution in [0.15, 0.2) is 29.0 Å². The molecule has 3 heterocycles. The summed E-state index contributed by atoms with van der Waals surface area (Å²) in [6.07, 6.45) is 7.84. The quantitative estimate of drug-likeness (QED) is 0.832. The van der Waals surface area contributed by atoms with Gasteiger partial charge in [0.25, 0.3) is 0 Å². The number of aromatic nitrogens is 3. The van der Waals surface area contributed by atoms with Crippen molar-refractivity contribution in [2.75, 3.05) is 13.2 Å². The van der Waals surface area contributed by atoms with Crippen LogP contribution < -0.4 is 0 Å². The Bertz CT molecular complexity index is 659. The highest BCUT2D eigenvalue weighted by atomic mass is 16.5. The van der Waals surface area contributed by atoms with Crippen LogP contribution in [0.3, 0.4) is 0 Å². The van der Waals surface area contributed by atoms with Crippen LogP contribution in [0.2, 0.25) is 0 Å². The minimum Gasteiger partial charge on any atom is -0.396 e. The van der Waals surface area contributed by atoms with Crippen molar-refractivity contribution in [3.05, 3.63) is 30.4 Å². The van der Waals surface area contributed by atoms with Crippen LogP contribution in [0.5, 0.6) is 0 Å². The third kappa shape index (κ3) is 3.97. The molecule has 0 radical (unpaired) electrons. The third-order valence-electron chi connectivity index (χ3n) is 4.33. The normalized spacial score (nSPS) is 17.4. The van der Waals surface area contributed by atoms with E-state index in [9.17, 15) is 4.79 Å². The van der Waals surface area contributed by atoms with E-state index in [1.807, 2.05) is 17.0 Å². The van der Waals surface area contributed by atoms with E-state index >= 15 is 0 Å². The predicted octanol–water partition coefficient (Wildman–Crippen LogP) is 1.83. The van der Waals surface area contributed by atoms with Crippen molar-refractivity contribution in [1.82, 2.24) is 20.0 Å². The minimum atomic E-state index is 0.122. The second-order valence-electron chi connectivity index (χ2n) is 6.00. The van der Waals surface area contributed by atoms with Gasteiger partial charge in [-0.25, -0.2) is 0 Å². The van der Waals surface area contributed by atoms with Gasteiger partial charge in [-0.15, -0.1) is 0 Å². The number of nitrogens with zero attached hydrogens (tertiary/aromatic N) is 4. The second kappa shape index (κ2) is 8.01. The minimum absolute atomic E-state index is 0.122. The maximum absolute atomic E-state index is 12.4. The molecule has 1 amide bonds. The molecular weight excluding hydrogens is 308 g/mol. The average Bonchev–Trinajstić information content (AvgIpc) is 3.28. The van der Waals surface area contributed by atoms with Gasteiger partial charge < -0.3 is 14.5 Å². The lowest BCUT2D eigenvalue weighted by atomic mass is 10.1. The fourth-order valence-corrected chi connectivity index (χ4v) is 3.12. The molecule has 0 aliphatic carbocycles. The van der Waals surface area contributed by atoms with Gasteiger partial charge in [0.05, 0.1) is 0 Å². The Labute approximate surface area is 140 Å².